The number of aliphatic hydroxyl groups is 3. The first-order valence-corrected chi connectivity index (χ1v) is 27.2. The lowest BCUT2D eigenvalue weighted by atomic mass is 9.78. The Balaban J connectivity index is 1.52. The third-order valence-corrected chi connectivity index (χ3v) is 20.8. The Hall–Kier alpha value is -1.79. The molecule has 4 heterocycles. The molecular formula is C49H85NO13Si. The number of piperidine rings is 1. The van der Waals surface area contributed by atoms with Gasteiger partial charge in [0.2, 0.25) is 5.79 Å². The molecule has 5 fully saturated rings. The zero-order valence-electron chi connectivity index (χ0n) is 41.6. The zero-order valence-corrected chi connectivity index (χ0v) is 42.6. The van der Waals surface area contributed by atoms with Crippen LogP contribution < -0.4 is 0 Å². The van der Waals surface area contributed by atoms with Crippen molar-refractivity contribution in [2.45, 2.75) is 223 Å². The number of aliphatic hydroxyl groups excluding tert-OH is 2. The fourth-order valence-corrected chi connectivity index (χ4v) is 12.7. The number of esters is 1. The van der Waals surface area contributed by atoms with Gasteiger partial charge >= 0.3 is 5.97 Å². The van der Waals surface area contributed by atoms with Crippen LogP contribution in [-0.4, -0.2) is 146 Å². The number of carbonyl (C=O) groups excluding carboxylic acids is 3. The Morgan fingerprint density at radius 1 is 0.891 bits per heavy atom. The van der Waals surface area contributed by atoms with Crippen LogP contribution in [0.2, 0.25) is 18.1 Å². The second kappa shape index (κ2) is 21.2. The summed E-state index contributed by atoms with van der Waals surface area (Å²) in [6.07, 6.45) is 2.30. The number of ketones is 1. The summed E-state index contributed by atoms with van der Waals surface area (Å²) in [7, 11) is 2.73. The highest BCUT2D eigenvalue weighted by molar-refractivity contribution is 6.74. The van der Waals surface area contributed by atoms with Gasteiger partial charge < -0.3 is 53.1 Å². The summed E-state index contributed by atoms with van der Waals surface area (Å²) < 4.78 is 44.4. The lowest BCUT2D eigenvalue weighted by molar-refractivity contribution is -0.302. The summed E-state index contributed by atoms with van der Waals surface area (Å²) in [5.74, 6) is -7.10. The van der Waals surface area contributed by atoms with Gasteiger partial charge in [0.05, 0.1) is 48.3 Å². The Morgan fingerprint density at radius 3 is 2.14 bits per heavy atom. The largest absolute Gasteiger partial charge is 0.456 e. The highest BCUT2D eigenvalue weighted by atomic mass is 28.4. The average Bonchev–Trinajstić information content (AvgIpc) is 3.47. The summed E-state index contributed by atoms with van der Waals surface area (Å²) >= 11 is 0. The van der Waals surface area contributed by atoms with Gasteiger partial charge in [-0.2, -0.15) is 0 Å². The first-order valence-electron chi connectivity index (χ1n) is 24.3. The highest BCUT2D eigenvalue weighted by Crippen LogP contribution is 2.46. The number of methoxy groups -OCH3 is 3. The molecule has 0 aromatic carbocycles. The molecular weight excluding hydrogens is 839 g/mol. The molecule has 4 bridgehead atoms. The van der Waals surface area contributed by atoms with Gasteiger partial charge in [0.25, 0.3) is 11.7 Å². The monoisotopic (exact) mass is 924 g/mol. The van der Waals surface area contributed by atoms with Crippen molar-refractivity contribution in [2.75, 3.05) is 27.9 Å². The Morgan fingerprint density at radius 2 is 1.53 bits per heavy atom. The van der Waals surface area contributed by atoms with E-state index in [2.05, 4.69) is 39.9 Å². The number of Topliss-reactive ketones (excluding diaryl/α,β-unsaturated/α-hetero) is 1. The zero-order chi connectivity index (χ0) is 47.7. The van der Waals surface area contributed by atoms with Gasteiger partial charge in [-0.25, -0.2) is 4.79 Å². The van der Waals surface area contributed by atoms with E-state index in [-0.39, 0.29) is 60.8 Å². The molecule has 0 radical (unpaired) electrons. The number of rotatable bonds is 8. The minimum absolute atomic E-state index is 0.0348. The van der Waals surface area contributed by atoms with Crippen LogP contribution in [0.15, 0.2) is 11.6 Å². The topological polar surface area (TPSA) is 180 Å². The van der Waals surface area contributed by atoms with Crippen LogP contribution in [0, 0.1) is 29.6 Å². The summed E-state index contributed by atoms with van der Waals surface area (Å²) in [6, 6.07) is -1.10. The number of hydrogen-bond acceptors (Lipinski definition) is 13. The van der Waals surface area contributed by atoms with E-state index in [9.17, 15) is 29.7 Å². The van der Waals surface area contributed by atoms with Crippen molar-refractivity contribution in [1.82, 2.24) is 4.90 Å². The molecule has 3 N–H and O–H groups in total. The third-order valence-electron chi connectivity index (χ3n) is 16.3. The normalized spacial score (nSPS) is 42.8. The number of carbonyl (C=O) groups is 3. The van der Waals surface area contributed by atoms with Gasteiger partial charge in [-0.15, -0.1) is 0 Å². The quantitative estimate of drug-likeness (QED) is 0.104. The fourth-order valence-electron chi connectivity index (χ4n) is 11.3. The molecule has 14 nitrogen and oxygen atoms in total. The standard InChI is InChI=1S/C49H85NO13Si/c1-15-33-37-26-35(51)31(5)41(29(3)23-32-19-20-36(38(25-32)57-10)63-64(13,14)47(6,7)8)60-46(55)34-18-16-17-21-50(34)45(54)44(53)49(56)30(4)24-40(59-12)42(62-49)39(58-11)22-28(2)27-48(9,61-37)43(33)52/h23,28,30-43,51-52,56H,15-22,24-27H2,1-14H3/b29-23+/t28-,30+,31-,32-,33-,34-,35+,36+,37-,38+,39-,40-,41+,42+,43?,48?,49+/m0/s1. The maximum atomic E-state index is 14.6. The number of ether oxygens (including phenoxy) is 6. The predicted molar refractivity (Wildman–Crippen MR) is 245 cm³/mol. The van der Waals surface area contributed by atoms with Crippen molar-refractivity contribution in [3.05, 3.63) is 11.6 Å². The molecule has 1 saturated carbocycles. The molecule has 17 atom stereocenters. The molecule has 1 amide bonds. The Bertz CT molecular complexity index is 1640. The smallest absolute Gasteiger partial charge is 0.329 e. The molecule has 5 rings (SSSR count). The number of amides is 1. The third kappa shape index (κ3) is 11.2. The van der Waals surface area contributed by atoms with E-state index in [4.69, 9.17) is 32.8 Å². The number of cyclic esters (lactones) is 1. The van der Waals surface area contributed by atoms with Gasteiger partial charge in [0.15, 0.2) is 8.32 Å². The molecule has 4 saturated heterocycles. The SMILES string of the molecule is CC[C@@H]1C(O)C2(C)C[C@@H](C)C[C@H](OC)[C@H]3O[C@@](O)(C(=O)C(=O)N4CCCC[C@H]4C(=O)O[C@H](/C(C)=C/[C@@H]4CC[C@@H](O[Si](C)(C)C(C)(C)C)[C@H](OC)C4)[C@@H](C)[C@H](O)C[C@@H]1O2)[C@H](C)C[C@@H]3OC. The van der Waals surface area contributed by atoms with Gasteiger partial charge in [-0.1, -0.05) is 54.5 Å². The van der Waals surface area contributed by atoms with Crippen molar-refractivity contribution in [3.8, 4) is 0 Å². The van der Waals surface area contributed by atoms with Gasteiger partial charge in [-0.05, 0) is 114 Å². The van der Waals surface area contributed by atoms with E-state index >= 15 is 0 Å². The maximum Gasteiger partial charge on any atom is 0.329 e. The van der Waals surface area contributed by atoms with Gasteiger partial charge in [0.1, 0.15) is 18.2 Å². The van der Waals surface area contributed by atoms with E-state index < -0.39 is 98.0 Å². The minimum Gasteiger partial charge on any atom is -0.456 e. The van der Waals surface area contributed by atoms with Crippen molar-refractivity contribution in [2.24, 2.45) is 29.6 Å². The van der Waals surface area contributed by atoms with Gasteiger partial charge in [0, 0.05) is 52.0 Å². The summed E-state index contributed by atoms with van der Waals surface area (Å²) in [6.45, 7) is 22.7. The predicted octanol–water partition coefficient (Wildman–Crippen LogP) is 6.51. The summed E-state index contributed by atoms with van der Waals surface area (Å²) in [5.41, 5.74) is -0.200. The first kappa shape index (κ1) is 53.2. The van der Waals surface area contributed by atoms with Crippen LogP contribution in [0.3, 0.4) is 0 Å². The number of allylic oxidation sites excluding steroid dienone is 1. The van der Waals surface area contributed by atoms with E-state index in [0.717, 1.165) is 18.4 Å². The molecule has 368 valence electrons. The second-order valence-corrected chi connectivity index (χ2v) is 26.8. The van der Waals surface area contributed by atoms with E-state index in [0.29, 0.717) is 38.5 Å². The molecule has 4 aliphatic heterocycles. The van der Waals surface area contributed by atoms with Crippen molar-refractivity contribution < 1.29 is 62.6 Å². The highest BCUT2D eigenvalue weighted by Gasteiger charge is 2.58. The molecule has 5 aliphatic rings. The van der Waals surface area contributed by atoms with Crippen molar-refractivity contribution in [1.29, 1.82) is 0 Å². The number of nitrogens with zero attached hydrogens (tertiary/aromatic N) is 1. The number of fused-ring (bicyclic) bond motifs is 5. The summed E-state index contributed by atoms with van der Waals surface area (Å²) in [5, 5.41) is 36.3. The molecule has 15 heteroatoms. The number of hydrogen-bond donors (Lipinski definition) is 3. The fraction of sp³-hybridized carbons (Fsp3) is 0.898. The van der Waals surface area contributed by atoms with E-state index in [1.54, 1.807) is 14.0 Å². The van der Waals surface area contributed by atoms with Crippen LogP contribution in [0.4, 0.5) is 0 Å². The van der Waals surface area contributed by atoms with Crippen LogP contribution in [0.5, 0.6) is 0 Å². The molecule has 0 aromatic heterocycles. The lowest BCUT2D eigenvalue weighted by Gasteiger charge is -2.47. The Labute approximate surface area is 384 Å². The van der Waals surface area contributed by atoms with Crippen LogP contribution >= 0.6 is 0 Å². The van der Waals surface area contributed by atoms with Crippen molar-refractivity contribution in [3.63, 3.8) is 0 Å². The van der Waals surface area contributed by atoms with E-state index in [1.807, 2.05) is 34.6 Å². The van der Waals surface area contributed by atoms with Crippen LogP contribution in [0.1, 0.15) is 133 Å². The maximum absolute atomic E-state index is 14.6. The lowest BCUT2D eigenvalue weighted by Crippen LogP contribution is -2.64. The molecule has 0 spiro atoms. The van der Waals surface area contributed by atoms with E-state index in [1.165, 1.54) is 19.1 Å². The van der Waals surface area contributed by atoms with Crippen LogP contribution in [0.25, 0.3) is 0 Å². The molecule has 64 heavy (non-hydrogen) atoms. The van der Waals surface area contributed by atoms with Gasteiger partial charge in [-0.3, -0.25) is 9.59 Å². The first-order chi connectivity index (χ1) is 29.9. The minimum atomic E-state index is -2.52. The van der Waals surface area contributed by atoms with Crippen molar-refractivity contribution >= 4 is 26.0 Å². The molecule has 0 aromatic rings. The molecule has 1 aliphatic carbocycles. The molecule has 2 unspecified atom stereocenters. The summed E-state index contributed by atoms with van der Waals surface area (Å²) in [4.78, 5) is 44.6. The Kier molecular flexibility index (Phi) is 17.6. The average molecular weight is 924 g/mol. The second-order valence-electron chi connectivity index (χ2n) is 22.0. The van der Waals surface area contributed by atoms with Crippen LogP contribution in [-0.2, 0) is 47.2 Å².